The average molecular weight is 564 g/mol. The van der Waals surface area contributed by atoms with Crippen molar-refractivity contribution in [1.82, 2.24) is 15.5 Å². The van der Waals surface area contributed by atoms with E-state index in [-0.39, 0.29) is 34.4 Å². The molecule has 202 valence electrons. The number of hydrogen-bond donors (Lipinski definition) is 3. The summed E-state index contributed by atoms with van der Waals surface area (Å²) >= 11 is 11.8. The van der Waals surface area contributed by atoms with Gasteiger partial charge in [0.25, 0.3) is 5.91 Å². The standard InChI is InChI=1S/C26H27Cl2N3O7/c1-14(29-23(34)16-10-17(27)22(33)18(28)11-16)25(36)31-9-5-8-20(31)24(35)30-19-12-21(32)38-26(19)37-13-15-6-3-2-4-7-15/h2-4,6-7,10-11,14,19-20,26,33H,5,8-9,12-13H2,1H3,(H,29,34)(H,30,35)/t14-,19?,20-,26+/m0/s1. The van der Waals surface area contributed by atoms with Crippen molar-refractivity contribution in [3.05, 3.63) is 63.6 Å². The predicted molar refractivity (Wildman–Crippen MR) is 137 cm³/mol. The zero-order valence-corrected chi connectivity index (χ0v) is 22.0. The quantitative estimate of drug-likeness (QED) is 0.420. The van der Waals surface area contributed by atoms with Crippen LogP contribution in [0.5, 0.6) is 5.75 Å². The largest absolute Gasteiger partial charge is 0.505 e. The number of phenols is 1. The molecule has 2 saturated heterocycles. The number of nitrogens with one attached hydrogen (secondary N) is 2. The highest BCUT2D eigenvalue weighted by Crippen LogP contribution is 2.32. The van der Waals surface area contributed by atoms with Gasteiger partial charge in [0.1, 0.15) is 18.1 Å². The third-order valence-corrected chi connectivity index (χ3v) is 6.96. The van der Waals surface area contributed by atoms with Crippen molar-refractivity contribution < 1.29 is 33.8 Å². The lowest BCUT2D eigenvalue weighted by Crippen LogP contribution is -2.54. The van der Waals surface area contributed by atoms with E-state index in [0.29, 0.717) is 19.4 Å². The van der Waals surface area contributed by atoms with Crippen LogP contribution in [0.4, 0.5) is 0 Å². The lowest BCUT2D eigenvalue weighted by Gasteiger charge is -2.28. The third kappa shape index (κ3) is 6.38. The van der Waals surface area contributed by atoms with E-state index in [1.807, 2.05) is 30.3 Å². The minimum absolute atomic E-state index is 0.0456. The summed E-state index contributed by atoms with van der Waals surface area (Å²) in [5.41, 5.74) is 0.960. The number of hydrogen-bond acceptors (Lipinski definition) is 7. The molecule has 2 aromatic carbocycles. The molecule has 0 aliphatic carbocycles. The minimum Gasteiger partial charge on any atom is -0.505 e. The van der Waals surface area contributed by atoms with Gasteiger partial charge in [-0.2, -0.15) is 0 Å². The molecule has 2 aliphatic rings. The number of cyclic esters (lactones) is 1. The van der Waals surface area contributed by atoms with Crippen molar-refractivity contribution in [2.24, 2.45) is 0 Å². The van der Waals surface area contributed by atoms with E-state index < -0.39 is 48.1 Å². The summed E-state index contributed by atoms with van der Waals surface area (Å²) in [6, 6.07) is 9.40. The van der Waals surface area contributed by atoms with Gasteiger partial charge in [-0.15, -0.1) is 0 Å². The number of esters is 1. The van der Waals surface area contributed by atoms with Crippen LogP contribution in [0, 0.1) is 0 Å². The van der Waals surface area contributed by atoms with E-state index in [0.717, 1.165) is 5.56 Å². The predicted octanol–water partition coefficient (Wildman–Crippen LogP) is 2.78. The van der Waals surface area contributed by atoms with Crippen molar-refractivity contribution in [3.63, 3.8) is 0 Å². The maximum Gasteiger partial charge on any atom is 0.310 e. The van der Waals surface area contributed by atoms with Crippen LogP contribution in [-0.4, -0.2) is 64.7 Å². The van der Waals surface area contributed by atoms with E-state index in [9.17, 15) is 24.3 Å². The van der Waals surface area contributed by atoms with Gasteiger partial charge < -0.3 is 30.1 Å². The molecule has 3 amide bonds. The number of carbonyl (C=O) groups excluding carboxylic acids is 4. The van der Waals surface area contributed by atoms with Crippen LogP contribution < -0.4 is 10.6 Å². The van der Waals surface area contributed by atoms with Crippen LogP contribution in [0.3, 0.4) is 0 Å². The van der Waals surface area contributed by atoms with Gasteiger partial charge in [0.2, 0.25) is 18.1 Å². The fraction of sp³-hybridized carbons (Fsp3) is 0.385. The number of rotatable bonds is 8. The fourth-order valence-electron chi connectivity index (χ4n) is 4.43. The first kappa shape index (κ1) is 27.7. The number of halogens is 2. The van der Waals surface area contributed by atoms with Crippen molar-refractivity contribution >= 4 is 46.9 Å². The fourth-order valence-corrected chi connectivity index (χ4v) is 4.91. The summed E-state index contributed by atoms with van der Waals surface area (Å²) in [4.78, 5) is 52.3. The molecule has 2 aromatic rings. The first-order valence-electron chi connectivity index (χ1n) is 12.1. The molecule has 0 spiro atoms. The Morgan fingerprint density at radius 1 is 1.18 bits per heavy atom. The number of ether oxygens (including phenoxy) is 2. The summed E-state index contributed by atoms with van der Waals surface area (Å²) in [7, 11) is 0. The zero-order chi connectivity index (χ0) is 27.4. The highest BCUT2D eigenvalue weighted by atomic mass is 35.5. The SMILES string of the molecule is C[C@H](NC(=O)c1cc(Cl)c(O)c(Cl)c1)C(=O)N1CCC[C@H]1C(=O)NC1CC(=O)O[C@H]1OCc1ccccc1. The van der Waals surface area contributed by atoms with Crippen LogP contribution in [0.15, 0.2) is 42.5 Å². The Labute approximate surface area is 229 Å². The van der Waals surface area contributed by atoms with Gasteiger partial charge in [-0.3, -0.25) is 19.2 Å². The number of aromatic hydroxyl groups is 1. The summed E-state index contributed by atoms with van der Waals surface area (Å²) < 4.78 is 11.0. The molecule has 3 N–H and O–H groups in total. The van der Waals surface area contributed by atoms with Crippen LogP contribution in [0.2, 0.25) is 10.0 Å². The molecule has 2 aliphatic heterocycles. The lowest BCUT2D eigenvalue weighted by molar-refractivity contribution is -0.168. The first-order valence-corrected chi connectivity index (χ1v) is 12.8. The molecule has 1 unspecified atom stereocenters. The number of carbonyl (C=O) groups is 4. The van der Waals surface area contributed by atoms with Crippen LogP contribution in [0.1, 0.15) is 42.1 Å². The van der Waals surface area contributed by atoms with E-state index in [4.69, 9.17) is 32.7 Å². The molecule has 38 heavy (non-hydrogen) atoms. The Kier molecular flexibility index (Phi) is 8.76. The van der Waals surface area contributed by atoms with E-state index in [2.05, 4.69) is 10.6 Å². The Balaban J connectivity index is 1.35. The summed E-state index contributed by atoms with van der Waals surface area (Å²) in [6.07, 6.45) is 0.0374. The van der Waals surface area contributed by atoms with Gasteiger partial charge >= 0.3 is 5.97 Å². The van der Waals surface area contributed by atoms with Crippen LogP contribution >= 0.6 is 23.2 Å². The zero-order valence-electron chi connectivity index (χ0n) is 20.5. The van der Waals surface area contributed by atoms with Gasteiger partial charge in [0, 0.05) is 12.1 Å². The van der Waals surface area contributed by atoms with E-state index in [1.165, 1.54) is 24.0 Å². The number of nitrogens with zero attached hydrogens (tertiary/aromatic N) is 1. The lowest BCUT2D eigenvalue weighted by atomic mass is 10.1. The molecule has 10 nitrogen and oxygen atoms in total. The van der Waals surface area contributed by atoms with Crippen molar-refractivity contribution in [3.8, 4) is 5.75 Å². The number of likely N-dealkylation sites (tertiary alicyclic amines) is 1. The maximum atomic E-state index is 13.2. The smallest absolute Gasteiger partial charge is 0.310 e. The normalized spacial score (nSPS) is 21.6. The molecule has 2 fully saturated rings. The van der Waals surface area contributed by atoms with E-state index >= 15 is 0 Å². The summed E-state index contributed by atoms with van der Waals surface area (Å²) in [5, 5.41) is 14.9. The second kappa shape index (κ2) is 12.0. The van der Waals surface area contributed by atoms with E-state index in [1.54, 1.807) is 0 Å². The topological polar surface area (TPSA) is 134 Å². The molecule has 2 heterocycles. The molecule has 4 atom stereocenters. The highest BCUT2D eigenvalue weighted by molar-refractivity contribution is 6.37. The molecule has 0 radical (unpaired) electrons. The Morgan fingerprint density at radius 2 is 1.87 bits per heavy atom. The van der Waals surface area contributed by atoms with Crippen molar-refractivity contribution in [1.29, 1.82) is 0 Å². The summed E-state index contributed by atoms with van der Waals surface area (Å²) in [6.45, 7) is 2.05. The van der Waals surface area contributed by atoms with Gasteiger partial charge in [-0.05, 0) is 37.5 Å². The average Bonchev–Trinajstić information content (AvgIpc) is 3.52. The van der Waals surface area contributed by atoms with Gasteiger partial charge in [-0.25, -0.2) is 0 Å². The molecule has 0 saturated carbocycles. The van der Waals surface area contributed by atoms with Gasteiger partial charge in [0.15, 0.2) is 5.75 Å². The Morgan fingerprint density at radius 3 is 2.55 bits per heavy atom. The van der Waals surface area contributed by atoms with Gasteiger partial charge in [0.05, 0.1) is 23.1 Å². The first-order chi connectivity index (χ1) is 18.1. The number of phenolic OH excluding ortho intramolecular Hbond substituents is 1. The minimum atomic E-state index is -0.958. The Bertz CT molecular complexity index is 1200. The third-order valence-electron chi connectivity index (χ3n) is 6.38. The van der Waals surface area contributed by atoms with Crippen LogP contribution in [0.25, 0.3) is 0 Å². The summed E-state index contributed by atoms with van der Waals surface area (Å²) in [5.74, 6) is -2.32. The molecular weight excluding hydrogens is 537 g/mol. The molecule has 12 heteroatoms. The molecule has 0 aromatic heterocycles. The number of amides is 3. The number of benzene rings is 2. The van der Waals surface area contributed by atoms with Crippen molar-refractivity contribution in [2.75, 3.05) is 6.54 Å². The van der Waals surface area contributed by atoms with Crippen LogP contribution in [-0.2, 0) is 30.5 Å². The molecule has 4 rings (SSSR count). The second-order valence-corrected chi connectivity index (χ2v) is 9.96. The highest BCUT2D eigenvalue weighted by Gasteiger charge is 2.41. The monoisotopic (exact) mass is 563 g/mol. The van der Waals surface area contributed by atoms with Crippen molar-refractivity contribution in [2.45, 2.75) is 57.2 Å². The molecular formula is C26H27Cl2N3O7. The van der Waals surface area contributed by atoms with Gasteiger partial charge in [-0.1, -0.05) is 53.5 Å². The Hall–Kier alpha value is -3.34. The second-order valence-electron chi connectivity index (χ2n) is 9.15. The maximum absolute atomic E-state index is 13.2. The molecule has 0 bridgehead atoms.